The van der Waals surface area contributed by atoms with E-state index < -0.39 is 17.9 Å². The molecule has 1 amide bonds. The summed E-state index contributed by atoms with van der Waals surface area (Å²) in [5.74, 6) is -0.918. The highest BCUT2D eigenvalue weighted by molar-refractivity contribution is 5.85. The zero-order valence-corrected chi connectivity index (χ0v) is 11.8. The van der Waals surface area contributed by atoms with Crippen molar-refractivity contribution in [1.29, 1.82) is 0 Å². The van der Waals surface area contributed by atoms with Crippen LogP contribution in [-0.4, -0.2) is 23.0 Å². The van der Waals surface area contributed by atoms with Gasteiger partial charge in [-0.3, -0.25) is 25.8 Å². The van der Waals surface area contributed by atoms with Crippen LogP contribution >= 0.6 is 0 Å². The van der Waals surface area contributed by atoms with Gasteiger partial charge in [0.2, 0.25) is 5.91 Å². The average molecular weight is 303 g/mol. The minimum atomic E-state index is -1.10. The summed E-state index contributed by atoms with van der Waals surface area (Å²) in [6.45, 7) is 0.239. The number of carbonyl (C=O) groups is 2. The first-order valence-electron chi connectivity index (χ1n) is 6.73. The Kier molecular flexibility index (Phi) is 5.56. The second-order valence-corrected chi connectivity index (χ2v) is 4.59. The number of benzene rings is 1. The fourth-order valence-corrected chi connectivity index (χ4v) is 1.78. The molecule has 7 nitrogen and oxygen atoms in total. The first-order chi connectivity index (χ1) is 10.6. The van der Waals surface area contributed by atoms with E-state index in [-0.39, 0.29) is 13.0 Å². The molecule has 2 rings (SSSR count). The summed E-state index contributed by atoms with van der Waals surface area (Å²) < 4.78 is 5.11. The SMILES string of the molecule is O=C(CC(NCc1ccco1)C(=O)O)NNc1ccccc1. The number of aliphatic carboxylic acids is 1. The van der Waals surface area contributed by atoms with E-state index >= 15 is 0 Å². The van der Waals surface area contributed by atoms with Crippen molar-refractivity contribution >= 4 is 17.6 Å². The van der Waals surface area contributed by atoms with Crippen molar-refractivity contribution in [1.82, 2.24) is 10.7 Å². The van der Waals surface area contributed by atoms with E-state index in [1.54, 1.807) is 24.3 Å². The van der Waals surface area contributed by atoms with Crippen LogP contribution in [0, 0.1) is 0 Å². The van der Waals surface area contributed by atoms with Crippen LogP contribution in [-0.2, 0) is 16.1 Å². The van der Waals surface area contributed by atoms with E-state index in [0.717, 1.165) is 0 Å². The van der Waals surface area contributed by atoms with Gasteiger partial charge in [0.15, 0.2) is 0 Å². The van der Waals surface area contributed by atoms with E-state index in [9.17, 15) is 9.59 Å². The van der Waals surface area contributed by atoms with Gasteiger partial charge in [-0.15, -0.1) is 0 Å². The Morgan fingerprint density at radius 2 is 1.91 bits per heavy atom. The fraction of sp³-hybridized carbons (Fsp3) is 0.200. The third-order valence-corrected chi connectivity index (χ3v) is 2.91. The van der Waals surface area contributed by atoms with Crippen molar-refractivity contribution in [2.45, 2.75) is 19.0 Å². The number of rotatable bonds is 8. The number of para-hydroxylation sites is 1. The van der Waals surface area contributed by atoms with Gasteiger partial charge in [-0.1, -0.05) is 18.2 Å². The Hall–Kier alpha value is -2.80. The van der Waals surface area contributed by atoms with E-state index in [1.165, 1.54) is 6.26 Å². The molecule has 1 aromatic heterocycles. The molecule has 0 aliphatic heterocycles. The molecule has 0 spiro atoms. The lowest BCUT2D eigenvalue weighted by molar-refractivity contribution is -0.141. The highest BCUT2D eigenvalue weighted by Crippen LogP contribution is 2.04. The Bertz CT molecular complexity index is 599. The van der Waals surface area contributed by atoms with Gasteiger partial charge >= 0.3 is 5.97 Å². The van der Waals surface area contributed by atoms with Gasteiger partial charge in [-0.05, 0) is 24.3 Å². The standard InChI is InChI=1S/C15H17N3O4/c19-14(18-17-11-5-2-1-3-6-11)9-13(15(20)21)16-10-12-7-4-8-22-12/h1-8,13,16-17H,9-10H2,(H,18,19)(H,20,21). The largest absolute Gasteiger partial charge is 0.480 e. The summed E-state index contributed by atoms with van der Waals surface area (Å²) in [6.07, 6.45) is 1.30. The number of hydrogen-bond acceptors (Lipinski definition) is 5. The summed E-state index contributed by atoms with van der Waals surface area (Å²) >= 11 is 0. The van der Waals surface area contributed by atoms with Gasteiger partial charge in [-0.25, -0.2) is 0 Å². The maximum Gasteiger partial charge on any atom is 0.321 e. The van der Waals surface area contributed by atoms with Crippen LogP contribution in [0.4, 0.5) is 5.69 Å². The van der Waals surface area contributed by atoms with Crippen molar-refractivity contribution in [3.63, 3.8) is 0 Å². The van der Waals surface area contributed by atoms with Crippen molar-refractivity contribution < 1.29 is 19.1 Å². The zero-order valence-electron chi connectivity index (χ0n) is 11.8. The maximum atomic E-state index is 11.8. The molecule has 7 heteroatoms. The predicted octanol–water partition coefficient (Wildman–Crippen LogP) is 1.36. The van der Waals surface area contributed by atoms with Crippen molar-refractivity contribution in [2.24, 2.45) is 0 Å². The van der Waals surface area contributed by atoms with Crippen molar-refractivity contribution in [2.75, 3.05) is 5.43 Å². The molecule has 1 heterocycles. The monoisotopic (exact) mass is 303 g/mol. The molecule has 116 valence electrons. The van der Waals surface area contributed by atoms with Gasteiger partial charge in [0.25, 0.3) is 0 Å². The number of anilines is 1. The molecule has 1 unspecified atom stereocenters. The topological polar surface area (TPSA) is 104 Å². The molecule has 4 N–H and O–H groups in total. The lowest BCUT2D eigenvalue weighted by Gasteiger charge is -2.14. The van der Waals surface area contributed by atoms with Gasteiger partial charge in [0, 0.05) is 0 Å². The van der Waals surface area contributed by atoms with Crippen molar-refractivity contribution in [3.05, 3.63) is 54.5 Å². The van der Waals surface area contributed by atoms with Gasteiger partial charge in [0.05, 0.1) is 24.9 Å². The number of hydrogen-bond donors (Lipinski definition) is 4. The Morgan fingerprint density at radius 3 is 2.55 bits per heavy atom. The molecule has 22 heavy (non-hydrogen) atoms. The first kappa shape index (κ1) is 15.6. The molecule has 0 aliphatic carbocycles. The summed E-state index contributed by atoms with van der Waals surface area (Å²) in [4.78, 5) is 23.0. The molecular weight excluding hydrogens is 286 g/mol. The summed E-state index contributed by atoms with van der Waals surface area (Å²) in [5, 5.41) is 11.9. The van der Waals surface area contributed by atoms with E-state index in [2.05, 4.69) is 16.2 Å². The molecule has 1 atom stereocenters. The van der Waals surface area contributed by atoms with Crippen LogP contribution in [0.25, 0.3) is 0 Å². The molecule has 0 saturated heterocycles. The van der Waals surface area contributed by atoms with E-state index in [4.69, 9.17) is 9.52 Å². The summed E-state index contributed by atoms with van der Waals surface area (Å²) in [5.41, 5.74) is 5.90. The number of amides is 1. The number of furan rings is 1. The van der Waals surface area contributed by atoms with Crippen LogP contribution in [0.15, 0.2) is 53.1 Å². The minimum Gasteiger partial charge on any atom is -0.480 e. The van der Waals surface area contributed by atoms with Crippen molar-refractivity contribution in [3.8, 4) is 0 Å². The van der Waals surface area contributed by atoms with E-state index in [1.807, 2.05) is 18.2 Å². The van der Waals surface area contributed by atoms with Crippen LogP contribution in [0.2, 0.25) is 0 Å². The molecule has 0 radical (unpaired) electrons. The third-order valence-electron chi connectivity index (χ3n) is 2.91. The highest BCUT2D eigenvalue weighted by Gasteiger charge is 2.20. The average Bonchev–Trinajstić information content (AvgIpc) is 3.03. The first-order valence-corrected chi connectivity index (χ1v) is 6.73. The lowest BCUT2D eigenvalue weighted by atomic mass is 10.2. The smallest absolute Gasteiger partial charge is 0.321 e. The number of hydrazine groups is 1. The molecule has 0 aliphatic rings. The van der Waals surface area contributed by atoms with Crippen LogP contribution < -0.4 is 16.2 Å². The fourth-order valence-electron chi connectivity index (χ4n) is 1.78. The molecule has 1 aromatic carbocycles. The van der Waals surface area contributed by atoms with E-state index in [0.29, 0.717) is 11.4 Å². The molecular formula is C15H17N3O4. The number of carbonyl (C=O) groups excluding carboxylic acids is 1. The Labute approximate surface area is 127 Å². The molecule has 0 bridgehead atoms. The molecule has 0 saturated carbocycles. The van der Waals surface area contributed by atoms with Crippen LogP contribution in [0.5, 0.6) is 0 Å². The number of carboxylic acids is 1. The second kappa shape index (κ2) is 7.84. The third kappa shape index (κ3) is 4.95. The van der Waals surface area contributed by atoms with Crippen LogP contribution in [0.1, 0.15) is 12.2 Å². The van der Waals surface area contributed by atoms with Gasteiger partial charge < -0.3 is 9.52 Å². The quantitative estimate of drug-likeness (QED) is 0.549. The van der Waals surface area contributed by atoms with Gasteiger partial charge in [-0.2, -0.15) is 0 Å². The zero-order chi connectivity index (χ0) is 15.8. The summed E-state index contributed by atoms with van der Waals surface area (Å²) in [6, 6.07) is 11.5. The normalized spacial score (nSPS) is 11.6. The lowest BCUT2D eigenvalue weighted by Crippen LogP contribution is -2.42. The Morgan fingerprint density at radius 1 is 1.14 bits per heavy atom. The second-order valence-electron chi connectivity index (χ2n) is 4.59. The Balaban J connectivity index is 1.79. The van der Waals surface area contributed by atoms with Gasteiger partial charge in [0.1, 0.15) is 11.8 Å². The predicted molar refractivity (Wildman–Crippen MR) is 79.8 cm³/mol. The number of carboxylic acid groups (broad SMARTS) is 1. The molecule has 0 fully saturated rings. The maximum absolute atomic E-state index is 11.8. The van der Waals surface area contributed by atoms with Crippen LogP contribution in [0.3, 0.4) is 0 Å². The number of nitrogens with one attached hydrogen (secondary N) is 3. The highest BCUT2D eigenvalue weighted by atomic mass is 16.4. The minimum absolute atomic E-state index is 0.199. The molecule has 2 aromatic rings. The summed E-state index contributed by atoms with van der Waals surface area (Å²) in [7, 11) is 0.